The predicted octanol–water partition coefficient (Wildman–Crippen LogP) is 2.09. The summed E-state index contributed by atoms with van der Waals surface area (Å²) < 4.78 is 6.91. The first-order valence-corrected chi connectivity index (χ1v) is 5.31. The minimum atomic E-state index is -0.395. The van der Waals surface area contributed by atoms with Gasteiger partial charge in [-0.1, -0.05) is 6.92 Å². The topological polar surface area (TPSA) is 47.4 Å². The number of aromatic nitrogens is 2. The van der Waals surface area contributed by atoms with Gasteiger partial charge in [0, 0.05) is 14.1 Å². The van der Waals surface area contributed by atoms with Crippen LogP contribution in [-0.2, 0) is 5.54 Å². The molecule has 0 unspecified atom stereocenters. The quantitative estimate of drug-likeness (QED) is 0.791. The molecule has 0 saturated heterocycles. The smallest absolute Gasteiger partial charge is 0.407 e. The van der Waals surface area contributed by atoms with Gasteiger partial charge in [0.1, 0.15) is 0 Å². The molecule has 0 aliphatic carbocycles. The van der Waals surface area contributed by atoms with E-state index in [0.717, 1.165) is 6.42 Å². The second-order valence-corrected chi connectivity index (χ2v) is 4.55. The van der Waals surface area contributed by atoms with Crippen molar-refractivity contribution in [3.8, 4) is 5.75 Å². The summed E-state index contributed by atoms with van der Waals surface area (Å²) in [5.74, 6) is 0.472. The van der Waals surface area contributed by atoms with E-state index in [1.807, 2.05) is 4.68 Å². The van der Waals surface area contributed by atoms with Crippen molar-refractivity contribution in [2.24, 2.45) is 0 Å². The van der Waals surface area contributed by atoms with Crippen LogP contribution in [0.3, 0.4) is 0 Å². The third-order valence-corrected chi connectivity index (χ3v) is 2.61. The Balaban J connectivity index is 2.76. The fraction of sp³-hybridized carbons (Fsp3) is 0.636. The van der Waals surface area contributed by atoms with E-state index in [-0.39, 0.29) is 5.54 Å². The molecular weight excluding hydrogens is 206 g/mol. The maximum absolute atomic E-state index is 11.3. The van der Waals surface area contributed by atoms with Gasteiger partial charge in [-0.2, -0.15) is 5.10 Å². The first-order valence-electron chi connectivity index (χ1n) is 5.31. The van der Waals surface area contributed by atoms with Gasteiger partial charge in [0.05, 0.1) is 17.9 Å². The van der Waals surface area contributed by atoms with Gasteiger partial charge in [0.2, 0.25) is 0 Å². The van der Waals surface area contributed by atoms with E-state index in [2.05, 4.69) is 25.9 Å². The summed E-state index contributed by atoms with van der Waals surface area (Å²) in [4.78, 5) is 12.7. The highest BCUT2D eigenvalue weighted by Crippen LogP contribution is 2.21. The van der Waals surface area contributed by atoms with E-state index in [1.54, 1.807) is 26.5 Å². The predicted molar refractivity (Wildman–Crippen MR) is 61.6 cm³/mol. The molecule has 0 aliphatic heterocycles. The Morgan fingerprint density at radius 3 is 2.69 bits per heavy atom. The third kappa shape index (κ3) is 2.74. The van der Waals surface area contributed by atoms with E-state index in [0.29, 0.717) is 5.75 Å². The van der Waals surface area contributed by atoms with E-state index in [1.165, 1.54) is 4.90 Å². The molecule has 1 amide bonds. The average molecular weight is 225 g/mol. The molecule has 0 saturated carbocycles. The summed E-state index contributed by atoms with van der Waals surface area (Å²) in [6.07, 6.45) is 3.85. The molecule has 0 aliphatic rings. The summed E-state index contributed by atoms with van der Waals surface area (Å²) in [6.45, 7) is 6.25. The summed E-state index contributed by atoms with van der Waals surface area (Å²) >= 11 is 0. The molecule has 0 N–H and O–H groups in total. The van der Waals surface area contributed by atoms with Crippen LogP contribution in [0.4, 0.5) is 4.79 Å². The molecule has 0 radical (unpaired) electrons. The van der Waals surface area contributed by atoms with Crippen molar-refractivity contribution in [3.63, 3.8) is 0 Å². The number of rotatable bonds is 3. The zero-order valence-electron chi connectivity index (χ0n) is 10.5. The van der Waals surface area contributed by atoms with E-state index in [4.69, 9.17) is 4.74 Å². The zero-order valence-corrected chi connectivity index (χ0v) is 10.5. The van der Waals surface area contributed by atoms with E-state index >= 15 is 0 Å². The molecule has 5 nitrogen and oxygen atoms in total. The molecule has 16 heavy (non-hydrogen) atoms. The van der Waals surface area contributed by atoms with Crippen molar-refractivity contribution in [2.75, 3.05) is 14.1 Å². The number of amides is 1. The van der Waals surface area contributed by atoms with Gasteiger partial charge >= 0.3 is 6.09 Å². The second kappa shape index (κ2) is 4.55. The van der Waals surface area contributed by atoms with Crippen molar-refractivity contribution >= 4 is 6.09 Å². The van der Waals surface area contributed by atoms with Crippen molar-refractivity contribution in [1.29, 1.82) is 0 Å². The van der Waals surface area contributed by atoms with Crippen LogP contribution >= 0.6 is 0 Å². The lowest BCUT2D eigenvalue weighted by Crippen LogP contribution is -2.26. The molecule has 1 rings (SSSR count). The molecule has 1 aromatic heterocycles. The van der Waals surface area contributed by atoms with Crippen LogP contribution in [0.1, 0.15) is 27.2 Å². The lowest BCUT2D eigenvalue weighted by atomic mass is 10.0. The number of nitrogens with zero attached hydrogens (tertiary/aromatic N) is 3. The molecule has 0 aromatic carbocycles. The Morgan fingerprint density at radius 2 is 2.19 bits per heavy atom. The average Bonchev–Trinajstić information content (AvgIpc) is 2.66. The lowest BCUT2D eigenvalue weighted by molar-refractivity contribution is 0.171. The standard InChI is InChI=1S/C11H19N3O2/c1-6-11(2,3)14-8-9(7-12-14)16-10(15)13(4)5/h7-8H,6H2,1-5H3. The van der Waals surface area contributed by atoms with Gasteiger partial charge in [0.15, 0.2) is 5.75 Å². The number of ether oxygens (including phenoxy) is 1. The molecule has 0 bridgehead atoms. The normalized spacial score (nSPS) is 11.3. The maximum Gasteiger partial charge on any atom is 0.414 e. The Morgan fingerprint density at radius 1 is 1.56 bits per heavy atom. The van der Waals surface area contributed by atoms with Gasteiger partial charge in [-0.3, -0.25) is 4.68 Å². The molecule has 90 valence electrons. The van der Waals surface area contributed by atoms with Crippen LogP contribution in [0.2, 0.25) is 0 Å². The fourth-order valence-corrected chi connectivity index (χ4v) is 1.04. The molecule has 0 atom stereocenters. The summed E-state index contributed by atoms with van der Waals surface area (Å²) in [7, 11) is 3.28. The fourth-order valence-electron chi connectivity index (χ4n) is 1.04. The first kappa shape index (κ1) is 12.5. The molecule has 1 aromatic rings. The van der Waals surface area contributed by atoms with Crippen LogP contribution in [-0.4, -0.2) is 34.9 Å². The number of hydrogen-bond acceptors (Lipinski definition) is 3. The molecule has 0 spiro atoms. The third-order valence-electron chi connectivity index (χ3n) is 2.61. The minimum Gasteiger partial charge on any atom is -0.407 e. The second-order valence-electron chi connectivity index (χ2n) is 4.55. The van der Waals surface area contributed by atoms with Crippen molar-refractivity contribution in [3.05, 3.63) is 12.4 Å². The largest absolute Gasteiger partial charge is 0.414 e. The number of hydrogen-bond donors (Lipinski definition) is 0. The number of carbonyl (C=O) groups excluding carboxylic acids is 1. The molecule has 1 heterocycles. The molecule has 5 heteroatoms. The summed E-state index contributed by atoms with van der Waals surface area (Å²) in [6, 6.07) is 0. The van der Waals surface area contributed by atoms with Gasteiger partial charge in [-0.15, -0.1) is 0 Å². The molecule has 0 fully saturated rings. The van der Waals surface area contributed by atoms with Crippen molar-refractivity contribution in [2.45, 2.75) is 32.7 Å². The molecular formula is C11H19N3O2. The Bertz CT molecular complexity index is 369. The minimum absolute atomic E-state index is 0.0667. The summed E-state index contributed by atoms with van der Waals surface area (Å²) in [5, 5.41) is 4.19. The van der Waals surface area contributed by atoms with Crippen molar-refractivity contribution < 1.29 is 9.53 Å². The summed E-state index contributed by atoms with van der Waals surface area (Å²) in [5.41, 5.74) is -0.0667. The van der Waals surface area contributed by atoms with Crippen LogP contribution in [0.15, 0.2) is 12.4 Å². The highest BCUT2D eigenvalue weighted by molar-refractivity contribution is 5.69. The number of carbonyl (C=O) groups is 1. The Hall–Kier alpha value is -1.52. The van der Waals surface area contributed by atoms with Crippen LogP contribution in [0.5, 0.6) is 5.75 Å². The van der Waals surface area contributed by atoms with Gasteiger partial charge in [-0.05, 0) is 20.3 Å². The van der Waals surface area contributed by atoms with E-state index in [9.17, 15) is 4.79 Å². The van der Waals surface area contributed by atoms with Crippen molar-refractivity contribution in [1.82, 2.24) is 14.7 Å². The highest BCUT2D eigenvalue weighted by atomic mass is 16.6. The monoisotopic (exact) mass is 225 g/mol. The maximum atomic E-state index is 11.3. The SMILES string of the molecule is CCC(C)(C)n1cc(OC(=O)N(C)C)cn1. The zero-order chi connectivity index (χ0) is 12.3. The first-order chi connectivity index (χ1) is 7.36. The van der Waals surface area contributed by atoms with E-state index < -0.39 is 6.09 Å². The van der Waals surface area contributed by atoms with Crippen LogP contribution in [0.25, 0.3) is 0 Å². The van der Waals surface area contributed by atoms with Gasteiger partial charge in [0.25, 0.3) is 0 Å². The lowest BCUT2D eigenvalue weighted by Gasteiger charge is -2.22. The van der Waals surface area contributed by atoms with Crippen LogP contribution < -0.4 is 4.74 Å². The van der Waals surface area contributed by atoms with Gasteiger partial charge < -0.3 is 9.64 Å². The van der Waals surface area contributed by atoms with Gasteiger partial charge in [-0.25, -0.2) is 4.79 Å². The highest BCUT2D eigenvalue weighted by Gasteiger charge is 2.19. The Kier molecular flexibility index (Phi) is 3.57. The Labute approximate surface area is 96.0 Å². The van der Waals surface area contributed by atoms with Crippen LogP contribution in [0, 0.1) is 0 Å².